The molecule has 2 saturated heterocycles. The van der Waals surface area contributed by atoms with Gasteiger partial charge in [-0.15, -0.1) is 0 Å². The van der Waals surface area contributed by atoms with Crippen molar-refractivity contribution in [2.24, 2.45) is 5.92 Å². The smallest absolute Gasteiger partial charge is 0.225 e. The van der Waals surface area contributed by atoms with Crippen LogP contribution >= 0.6 is 0 Å². The summed E-state index contributed by atoms with van der Waals surface area (Å²) >= 11 is 0. The Morgan fingerprint density at radius 2 is 1.56 bits per heavy atom. The first-order valence-corrected chi connectivity index (χ1v) is 10.5. The van der Waals surface area contributed by atoms with Gasteiger partial charge in [0.25, 0.3) is 0 Å². The number of para-hydroxylation sites is 1. The Kier molecular flexibility index (Phi) is 7.55. The van der Waals surface area contributed by atoms with Crippen LogP contribution in [0.4, 0.5) is 0 Å². The highest BCUT2D eigenvalue weighted by molar-refractivity contribution is 5.80. The van der Waals surface area contributed by atoms with E-state index in [2.05, 4.69) is 4.90 Å². The van der Waals surface area contributed by atoms with Crippen LogP contribution in [0, 0.1) is 5.92 Å². The van der Waals surface area contributed by atoms with Gasteiger partial charge in [0.2, 0.25) is 11.8 Å². The van der Waals surface area contributed by atoms with Gasteiger partial charge in [0.1, 0.15) is 5.75 Å². The summed E-state index contributed by atoms with van der Waals surface area (Å²) in [5, 5.41) is 0. The first-order chi connectivity index (χ1) is 13.2. The van der Waals surface area contributed by atoms with Gasteiger partial charge in [0.05, 0.1) is 6.61 Å². The van der Waals surface area contributed by atoms with Gasteiger partial charge in [0, 0.05) is 38.5 Å². The largest absolute Gasteiger partial charge is 0.494 e. The molecule has 3 rings (SSSR count). The van der Waals surface area contributed by atoms with Crippen LogP contribution in [0.3, 0.4) is 0 Å². The lowest BCUT2D eigenvalue weighted by Gasteiger charge is -2.34. The van der Waals surface area contributed by atoms with E-state index >= 15 is 0 Å². The van der Waals surface area contributed by atoms with Crippen molar-refractivity contribution in [1.82, 2.24) is 9.80 Å². The first-order valence-electron chi connectivity index (χ1n) is 10.5. The molecule has 0 spiro atoms. The summed E-state index contributed by atoms with van der Waals surface area (Å²) in [6, 6.07) is 9.69. The molecule has 0 atom stereocenters. The zero-order valence-corrected chi connectivity index (χ0v) is 16.3. The van der Waals surface area contributed by atoms with Crippen molar-refractivity contribution in [1.29, 1.82) is 0 Å². The van der Waals surface area contributed by atoms with Crippen LogP contribution in [-0.2, 0) is 9.59 Å². The Morgan fingerprint density at radius 3 is 2.22 bits per heavy atom. The van der Waals surface area contributed by atoms with Gasteiger partial charge >= 0.3 is 0 Å². The molecule has 2 heterocycles. The first kappa shape index (κ1) is 19.7. The van der Waals surface area contributed by atoms with Crippen molar-refractivity contribution < 1.29 is 14.3 Å². The molecule has 1 aromatic carbocycles. The molecular formula is C22H32N2O3. The highest BCUT2D eigenvalue weighted by Gasteiger charge is 2.30. The highest BCUT2D eigenvalue weighted by atomic mass is 16.5. The van der Waals surface area contributed by atoms with Crippen LogP contribution in [0.15, 0.2) is 30.3 Å². The molecule has 1 aromatic rings. The molecule has 5 nitrogen and oxygen atoms in total. The van der Waals surface area contributed by atoms with E-state index in [1.54, 1.807) is 0 Å². The lowest BCUT2D eigenvalue weighted by atomic mass is 9.95. The molecule has 0 aliphatic carbocycles. The molecule has 2 aliphatic rings. The number of hydrogen-bond acceptors (Lipinski definition) is 3. The van der Waals surface area contributed by atoms with E-state index in [-0.39, 0.29) is 11.8 Å². The molecule has 27 heavy (non-hydrogen) atoms. The number of benzene rings is 1. The van der Waals surface area contributed by atoms with Crippen LogP contribution < -0.4 is 4.74 Å². The Balaban J connectivity index is 1.34. The van der Waals surface area contributed by atoms with E-state index < -0.39 is 0 Å². The third-order valence-electron chi connectivity index (χ3n) is 5.66. The molecular weight excluding hydrogens is 340 g/mol. The predicted molar refractivity (Wildman–Crippen MR) is 106 cm³/mol. The van der Waals surface area contributed by atoms with Crippen molar-refractivity contribution in [3.05, 3.63) is 30.3 Å². The van der Waals surface area contributed by atoms with Gasteiger partial charge in [-0.1, -0.05) is 31.0 Å². The van der Waals surface area contributed by atoms with Gasteiger partial charge in [-0.3, -0.25) is 9.59 Å². The van der Waals surface area contributed by atoms with Crippen LogP contribution in [-0.4, -0.2) is 54.4 Å². The van der Waals surface area contributed by atoms with E-state index in [1.165, 1.54) is 12.8 Å². The van der Waals surface area contributed by atoms with Crippen molar-refractivity contribution in [3.63, 3.8) is 0 Å². The van der Waals surface area contributed by atoms with Gasteiger partial charge in [-0.25, -0.2) is 0 Å². The van der Waals surface area contributed by atoms with E-state index in [0.29, 0.717) is 32.0 Å². The second-order valence-corrected chi connectivity index (χ2v) is 7.66. The summed E-state index contributed by atoms with van der Waals surface area (Å²) in [4.78, 5) is 29.1. The zero-order valence-electron chi connectivity index (χ0n) is 16.3. The molecule has 0 bridgehead atoms. The molecule has 0 radical (unpaired) electrons. The van der Waals surface area contributed by atoms with E-state index in [0.717, 1.165) is 50.9 Å². The minimum Gasteiger partial charge on any atom is -0.494 e. The van der Waals surface area contributed by atoms with E-state index in [9.17, 15) is 9.59 Å². The van der Waals surface area contributed by atoms with Crippen LogP contribution in [0.1, 0.15) is 51.4 Å². The van der Waals surface area contributed by atoms with E-state index in [4.69, 9.17) is 4.74 Å². The third-order valence-corrected chi connectivity index (χ3v) is 5.66. The minimum atomic E-state index is 0.105. The zero-order chi connectivity index (χ0) is 18.9. The predicted octanol–water partition coefficient (Wildman–Crippen LogP) is 3.49. The maximum atomic E-state index is 12.7. The Bertz CT molecular complexity index is 589. The van der Waals surface area contributed by atoms with Crippen LogP contribution in [0.2, 0.25) is 0 Å². The van der Waals surface area contributed by atoms with Crippen molar-refractivity contribution in [2.75, 3.05) is 32.8 Å². The number of carbonyl (C=O) groups is 2. The quantitative estimate of drug-likeness (QED) is 0.718. The molecule has 5 heteroatoms. The van der Waals surface area contributed by atoms with Crippen molar-refractivity contribution in [2.45, 2.75) is 51.4 Å². The molecule has 0 N–H and O–H groups in total. The number of hydrogen-bond donors (Lipinski definition) is 0. The monoisotopic (exact) mass is 372 g/mol. The molecule has 0 saturated carbocycles. The SMILES string of the molecule is O=C(CCCOc1ccccc1)N1CCC(C(=O)N2CCCCCC2)CC1. The summed E-state index contributed by atoms with van der Waals surface area (Å²) in [5.74, 6) is 1.46. The molecule has 148 valence electrons. The molecule has 0 aromatic heterocycles. The fraction of sp³-hybridized carbons (Fsp3) is 0.636. The molecule has 2 amide bonds. The number of piperidine rings is 1. The number of amides is 2. The van der Waals surface area contributed by atoms with Gasteiger partial charge in [-0.05, 0) is 44.2 Å². The fourth-order valence-corrected chi connectivity index (χ4v) is 4.01. The average Bonchev–Trinajstić information content (AvgIpc) is 3.01. The Hall–Kier alpha value is -2.04. The van der Waals surface area contributed by atoms with Gasteiger partial charge in [-0.2, -0.15) is 0 Å². The van der Waals surface area contributed by atoms with Gasteiger partial charge in [0.15, 0.2) is 0 Å². The summed E-state index contributed by atoms with van der Waals surface area (Å²) < 4.78 is 5.65. The van der Waals surface area contributed by atoms with Crippen LogP contribution in [0.5, 0.6) is 5.75 Å². The maximum Gasteiger partial charge on any atom is 0.225 e. The number of rotatable bonds is 6. The lowest BCUT2D eigenvalue weighted by molar-refractivity contribution is -0.140. The van der Waals surface area contributed by atoms with Gasteiger partial charge < -0.3 is 14.5 Å². The fourth-order valence-electron chi connectivity index (χ4n) is 4.01. The topological polar surface area (TPSA) is 49.9 Å². The maximum absolute atomic E-state index is 12.7. The summed E-state index contributed by atoms with van der Waals surface area (Å²) in [7, 11) is 0. The summed E-state index contributed by atoms with van der Waals surface area (Å²) in [6.45, 7) is 3.81. The molecule has 2 fully saturated rings. The highest BCUT2D eigenvalue weighted by Crippen LogP contribution is 2.22. The third kappa shape index (κ3) is 5.98. The van der Waals surface area contributed by atoms with Crippen LogP contribution in [0.25, 0.3) is 0 Å². The Labute approximate surface area is 162 Å². The molecule has 2 aliphatic heterocycles. The number of carbonyl (C=O) groups excluding carboxylic acids is 2. The average molecular weight is 373 g/mol. The molecule has 0 unspecified atom stereocenters. The number of likely N-dealkylation sites (tertiary alicyclic amines) is 2. The minimum absolute atomic E-state index is 0.105. The number of ether oxygens (including phenoxy) is 1. The summed E-state index contributed by atoms with van der Waals surface area (Å²) in [6.07, 6.45) is 7.60. The standard InChI is InChI=1S/C22H32N2O3/c25-21(11-8-18-27-20-9-4-3-5-10-20)23-16-12-19(13-17-23)22(26)24-14-6-1-2-7-15-24/h3-5,9-10,19H,1-2,6-8,11-18H2. The van der Waals surface area contributed by atoms with E-state index in [1.807, 2.05) is 35.2 Å². The lowest BCUT2D eigenvalue weighted by Crippen LogP contribution is -2.44. The van der Waals surface area contributed by atoms with Crippen molar-refractivity contribution >= 4 is 11.8 Å². The Morgan fingerprint density at radius 1 is 0.889 bits per heavy atom. The summed E-state index contributed by atoms with van der Waals surface area (Å²) in [5.41, 5.74) is 0. The second-order valence-electron chi connectivity index (χ2n) is 7.66. The normalized spacial score (nSPS) is 18.8. The number of nitrogens with zero attached hydrogens (tertiary/aromatic N) is 2. The van der Waals surface area contributed by atoms with Crippen molar-refractivity contribution in [3.8, 4) is 5.75 Å². The second kappa shape index (κ2) is 10.3.